The molecule has 0 fully saturated rings. The zero-order chi connectivity index (χ0) is 9.78. The first-order valence-corrected chi connectivity index (χ1v) is 3.11. The van der Waals surface area contributed by atoms with Crippen molar-refractivity contribution >= 4 is 6.09 Å². The lowest BCUT2D eigenvalue weighted by Gasteiger charge is -2.15. The maximum atomic E-state index is 11.7. The van der Waals surface area contributed by atoms with Gasteiger partial charge in [-0.1, -0.05) is 0 Å². The highest BCUT2D eigenvalue weighted by atomic mass is 19.4. The summed E-state index contributed by atoms with van der Waals surface area (Å²) in [5, 5.41) is 9.74. The van der Waals surface area contributed by atoms with Gasteiger partial charge in [0.25, 0.3) is 0 Å². The predicted octanol–water partition coefficient (Wildman–Crippen LogP) is 0.534. The molecule has 0 aromatic heterocycles. The lowest BCUT2D eigenvalue weighted by atomic mass is 10.2. The van der Waals surface area contributed by atoms with Gasteiger partial charge in [-0.25, -0.2) is 4.79 Å². The van der Waals surface area contributed by atoms with Crippen molar-refractivity contribution in [2.75, 3.05) is 6.54 Å². The van der Waals surface area contributed by atoms with Crippen LogP contribution in [0.1, 0.15) is 6.42 Å². The van der Waals surface area contributed by atoms with Gasteiger partial charge in [0, 0.05) is 6.54 Å². The number of nitrogens with one attached hydrogen (secondary N) is 1. The summed E-state index contributed by atoms with van der Waals surface area (Å²) >= 11 is 0. The molecule has 72 valence electrons. The van der Waals surface area contributed by atoms with E-state index in [1.165, 1.54) is 0 Å². The Hall–Kier alpha value is -0.980. The summed E-state index contributed by atoms with van der Waals surface area (Å²) in [4.78, 5) is 9.92. The van der Waals surface area contributed by atoms with Crippen molar-refractivity contribution in [2.24, 2.45) is 5.73 Å². The van der Waals surface area contributed by atoms with Crippen LogP contribution in [0.5, 0.6) is 0 Å². The predicted molar refractivity (Wildman–Crippen MR) is 34.7 cm³/mol. The number of hydrogen-bond donors (Lipinski definition) is 3. The van der Waals surface area contributed by atoms with Crippen molar-refractivity contribution in [3.05, 3.63) is 0 Å². The molecule has 4 N–H and O–H groups in total. The van der Waals surface area contributed by atoms with Gasteiger partial charge in [0.15, 0.2) is 0 Å². The minimum absolute atomic E-state index is 0.369. The van der Waals surface area contributed by atoms with Gasteiger partial charge in [-0.3, -0.25) is 0 Å². The number of hydrogen-bond acceptors (Lipinski definition) is 2. The monoisotopic (exact) mass is 186 g/mol. The Morgan fingerprint density at radius 1 is 1.58 bits per heavy atom. The third kappa shape index (κ3) is 5.78. The number of rotatable bonds is 3. The van der Waals surface area contributed by atoms with E-state index in [1.54, 1.807) is 5.32 Å². The molecule has 0 saturated heterocycles. The topological polar surface area (TPSA) is 75.3 Å². The van der Waals surface area contributed by atoms with E-state index in [2.05, 4.69) is 0 Å². The summed E-state index contributed by atoms with van der Waals surface area (Å²) in [5.74, 6) is 0. The van der Waals surface area contributed by atoms with Gasteiger partial charge in [-0.05, 0) is 0 Å². The lowest BCUT2D eigenvalue weighted by Crippen LogP contribution is -2.42. The largest absolute Gasteiger partial charge is 0.465 e. The Bertz CT molecular complexity index is 159. The summed E-state index contributed by atoms with van der Waals surface area (Å²) in [6.45, 7) is -0.369. The molecule has 0 aliphatic carbocycles. The fourth-order valence-corrected chi connectivity index (χ4v) is 0.647. The Labute approximate surface area is 66.5 Å². The first-order valence-electron chi connectivity index (χ1n) is 3.11. The van der Waals surface area contributed by atoms with Crippen LogP contribution < -0.4 is 11.1 Å². The molecule has 1 amide bonds. The van der Waals surface area contributed by atoms with E-state index in [0.29, 0.717) is 0 Å². The molecule has 0 aromatic carbocycles. The highest BCUT2D eigenvalue weighted by Crippen LogP contribution is 2.20. The highest BCUT2D eigenvalue weighted by molar-refractivity contribution is 5.64. The Morgan fingerprint density at radius 2 is 2.08 bits per heavy atom. The van der Waals surface area contributed by atoms with Crippen molar-refractivity contribution in [1.29, 1.82) is 0 Å². The summed E-state index contributed by atoms with van der Waals surface area (Å²) in [6, 6.07) is -1.26. The van der Waals surface area contributed by atoms with E-state index in [-0.39, 0.29) is 6.54 Å². The number of carboxylic acid groups (broad SMARTS) is 1. The Kier molecular flexibility index (Phi) is 3.81. The smallest absolute Gasteiger partial charge is 0.404 e. The second-order valence-electron chi connectivity index (χ2n) is 2.20. The fraction of sp³-hybridized carbons (Fsp3) is 0.800. The van der Waals surface area contributed by atoms with Crippen LogP contribution in [-0.4, -0.2) is 30.0 Å². The maximum Gasteiger partial charge on any atom is 0.404 e. The third-order valence-electron chi connectivity index (χ3n) is 1.09. The van der Waals surface area contributed by atoms with Crippen LogP contribution in [0.2, 0.25) is 0 Å². The summed E-state index contributed by atoms with van der Waals surface area (Å²) < 4.78 is 35.0. The van der Waals surface area contributed by atoms with Gasteiger partial charge in [-0.2, -0.15) is 13.2 Å². The van der Waals surface area contributed by atoms with E-state index in [0.717, 1.165) is 0 Å². The van der Waals surface area contributed by atoms with Gasteiger partial charge < -0.3 is 16.2 Å². The zero-order valence-corrected chi connectivity index (χ0v) is 6.06. The average molecular weight is 186 g/mol. The SMILES string of the molecule is NCC(CC(F)(F)F)NC(=O)O. The van der Waals surface area contributed by atoms with E-state index in [1.807, 2.05) is 0 Å². The summed E-state index contributed by atoms with van der Waals surface area (Å²) in [6.07, 6.45) is -7.14. The standard InChI is InChI=1S/C5H9F3N2O2/c6-5(7,8)1-3(2-9)10-4(11)12/h3,10H,1-2,9H2,(H,11,12). The van der Waals surface area contributed by atoms with Gasteiger partial charge in [-0.15, -0.1) is 0 Å². The Morgan fingerprint density at radius 3 is 2.33 bits per heavy atom. The average Bonchev–Trinajstić information content (AvgIpc) is 1.82. The molecule has 0 aliphatic heterocycles. The summed E-state index contributed by atoms with van der Waals surface area (Å²) in [5.41, 5.74) is 4.90. The van der Waals surface area contributed by atoms with Crippen molar-refractivity contribution in [3.8, 4) is 0 Å². The van der Waals surface area contributed by atoms with Gasteiger partial charge >= 0.3 is 12.3 Å². The molecule has 4 nitrogen and oxygen atoms in total. The molecule has 0 rings (SSSR count). The van der Waals surface area contributed by atoms with Gasteiger partial charge in [0.2, 0.25) is 0 Å². The van der Waals surface area contributed by atoms with E-state index in [9.17, 15) is 18.0 Å². The molecule has 0 spiro atoms. The first-order chi connectivity index (χ1) is 5.35. The molecule has 0 heterocycles. The fourth-order valence-electron chi connectivity index (χ4n) is 0.647. The summed E-state index contributed by atoms with van der Waals surface area (Å²) in [7, 11) is 0. The number of alkyl halides is 3. The van der Waals surface area contributed by atoms with E-state index < -0.39 is 24.7 Å². The van der Waals surface area contributed by atoms with Crippen LogP contribution in [0.15, 0.2) is 0 Å². The molecule has 12 heavy (non-hydrogen) atoms. The minimum atomic E-state index is -4.40. The van der Waals surface area contributed by atoms with Crippen molar-refractivity contribution in [1.82, 2.24) is 5.32 Å². The van der Waals surface area contributed by atoms with Crippen molar-refractivity contribution < 1.29 is 23.1 Å². The molecule has 1 atom stereocenters. The molecule has 0 aliphatic rings. The molecular formula is C5H9F3N2O2. The number of amides is 1. The lowest BCUT2D eigenvalue weighted by molar-refractivity contribution is -0.138. The van der Waals surface area contributed by atoms with Crippen LogP contribution in [0.3, 0.4) is 0 Å². The molecule has 1 unspecified atom stereocenters. The van der Waals surface area contributed by atoms with Crippen LogP contribution in [0.25, 0.3) is 0 Å². The van der Waals surface area contributed by atoms with Crippen LogP contribution in [0.4, 0.5) is 18.0 Å². The highest BCUT2D eigenvalue weighted by Gasteiger charge is 2.31. The quantitative estimate of drug-likeness (QED) is 0.601. The normalized spacial score (nSPS) is 14.0. The molecule has 0 bridgehead atoms. The molecule has 7 heteroatoms. The zero-order valence-electron chi connectivity index (χ0n) is 6.06. The Balaban J connectivity index is 3.92. The van der Waals surface area contributed by atoms with E-state index in [4.69, 9.17) is 10.8 Å². The molecule has 0 aromatic rings. The van der Waals surface area contributed by atoms with Gasteiger partial charge in [0.05, 0.1) is 12.5 Å². The number of halogens is 3. The third-order valence-corrected chi connectivity index (χ3v) is 1.09. The van der Waals surface area contributed by atoms with Crippen LogP contribution >= 0.6 is 0 Å². The van der Waals surface area contributed by atoms with Crippen molar-refractivity contribution in [3.63, 3.8) is 0 Å². The van der Waals surface area contributed by atoms with Gasteiger partial charge in [0.1, 0.15) is 0 Å². The molecule has 0 saturated carbocycles. The molecule has 0 radical (unpaired) electrons. The second-order valence-corrected chi connectivity index (χ2v) is 2.20. The van der Waals surface area contributed by atoms with Crippen LogP contribution in [0, 0.1) is 0 Å². The first kappa shape index (κ1) is 11.0. The maximum absolute atomic E-state index is 11.7. The van der Waals surface area contributed by atoms with E-state index >= 15 is 0 Å². The van der Waals surface area contributed by atoms with Crippen LogP contribution in [-0.2, 0) is 0 Å². The number of carbonyl (C=O) groups is 1. The van der Waals surface area contributed by atoms with Crippen molar-refractivity contribution in [2.45, 2.75) is 18.6 Å². The molecular weight excluding hydrogens is 177 g/mol. The number of nitrogens with two attached hydrogens (primary N) is 1. The second kappa shape index (κ2) is 4.15. The minimum Gasteiger partial charge on any atom is -0.465 e.